The lowest BCUT2D eigenvalue weighted by atomic mass is 9.98. The van der Waals surface area contributed by atoms with Gasteiger partial charge in [-0.25, -0.2) is 4.79 Å². The number of amides is 1. The average Bonchev–Trinajstić information content (AvgIpc) is 2.99. The van der Waals surface area contributed by atoms with Crippen LogP contribution in [-0.4, -0.2) is 41.0 Å². The Kier molecular flexibility index (Phi) is 5.75. The molecule has 0 aliphatic carbocycles. The molecule has 1 amide bonds. The summed E-state index contributed by atoms with van der Waals surface area (Å²) < 4.78 is 12.1. The molecule has 1 unspecified atom stereocenters. The maximum absolute atomic E-state index is 12.2. The van der Waals surface area contributed by atoms with Crippen molar-refractivity contribution in [2.24, 2.45) is 5.92 Å². The number of benzene rings is 1. The number of ether oxygens (including phenoxy) is 1. The molecular weight excluding hydrogens is 336 g/mol. The van der Waals surface area contributed by atoms with Crippen molar-refractivity contribution < 1.29 is 18.7 Å². The van der Waals surface area contributed by atoms with Gasteiger partial charge in [0.05, 0.1) is 18.0 Å². The van der Waals surface area contributed by atoms with Gasteiger partial charge in [-0.1, -0.05) is 19.1 Å². The van der Waals surface area contributed by atoms with Crippen molar-refractivity contribution >= 4 is 23.0 Å². The molecule has 1 aliphatic heterocycles. The Morgan fingerprint density at radius 3 is 2.92 bits per heavy atom. The molecule has 1 atom stereocenters. The highest BCUT2D eigenvalue weighted by Crippen LogP contribution is 2.19. The lowest BCUT2D eigenvalue weighted by Crippen LogP contribution is -2.42. The number of carbonyl (C=O) groups excluding carboxylic acids is 2. The molecule has 26 heavy (non-hydrogen) atoms. The lowest BCUT2D eigenvalue weighted by molar-refractivity contribution is -0.151. The van der Waals surface area contributed by atoms with Gasteiger partial charge in [-0.2, -0.15) is 0 Å². The van der Waals surface area contributed by atoms with Crippen LogP contribution in [0.25, 0.3) is 11.1 Å². The number of esters is 1. The fourth-order valence-corrected chi connectivity index (χ4v) is 3.36. The Morgan fingerprint density at radius 2 is 2.12 bits per heavy atom. The number of hydrogen-bond acceptors (Lipinski definition) is 5. The molecule has 2 aromatic rings. The number of aryl methyl sites for hydroxylation is 1. The summed E-state index contributed by atoms with van der Waals surface area (Å²) >= 11 is 0. The number of likely N-dealkylation sites (tertiary alicyclic amines) is 1. The highest BCUT2D eigenvalue weighted by Gasteiger charge is 2.28. The third-order valence-electron chi connectivity index (χ3n) is 4.75. The summed E-state index contributed by atoms with van der Waals surface area (Å²) in [5.74, 6) is -0.841. The molecule has 0 radical (unpaired) electrons. The lowest BCUT2D eigenvalue weighted by Gasteiger charge is -2.31. The van der Waals surface area contributed by atoms with Crippen LogP contribution in [0.15, 0.2) is 33.5 Å². The van der Waals surface area contributed by atoms with Gasteiger partial charge in [0.25, 0.3) is 0 Å². The molecule has 1 aromatic heterocycles. The SMILES string of the molecule is CCC(=O)N1CCCC(C(=O)OCCCn2c(=O)oc3ccccc32)C1. The Hall–Kier alpha value is -2.57. The van der Waals surface area contributed by atoms with E-state index in [1.54, 1.807) is 15.5 Å². The summed E-state index contributed by atoms with van der Waals surface area (Å²) in [5, 5.41) is 0. The van der Waals surface area contributed by atoms with Crippen molar-refractivity contribution in [2.75, 3.05) is 19.7 Å². The summed E-state index contributed by atoms with van der Waals surface area (Å²) in [7, 11) is 0. The molecule has 7 nitrogen and oxygen atoms in total. The van der Waals surface area contributed by atoms with Crippen LogP contribution in [-0.2, 0) is 20.9 Å². The molecule has 1 aromatic carbocycles. The summed E-state index contributed by atoms with van der Waals surface area (Å²) in [5.41, 5.74) is 1.29. The molecule has 2 heterocycles. The Bertz CT molecular complexity index is 838. The monoisotopic (exact) mass is 360 g/mol. The van der Waals surface area contributed by atoms with Gasteiger partial charge in [0.2, 0.25) is 5.91 Å². The first-order valence-electron chi connectivity index (χ1n) is 9.13. The van der Waals surface area contributed by atoms with Crippen LogP contribution < -0.4 is 5.76 Å². The van der Waals surface area contributed by atoms with E-state index in [9.17, 15) is 14.4 Å². The van der Waals surface area contributed by atoms with Gasteiger partial charge in [-0.15, -0.1) is 0 Å². The summed E-state index contributed by atoms with van der Waals surface area (Å²) in [6.07, 6.45) is 2.55. The van der Waals surface area contributed by atoms with Crippen molar-refractivity contribution in [3.63, 3.8) is 0 Å². The molecule has 1 fully saturated rings. The molecule has 0 spiro atoms. The van der Waals surface area contributed by atoms with E-state index in [1.807, 2.05) is 25.1 Å². The summed E-state index contributed by atoms with van der Waals surface area (Å²) in [6, 6.07) is 7.24. The fourth-order valence-electron chi connectivity index (χ4n) is 3.36. The van der Waals surface area contributed by atoms with Gasteiger partial charge in [0.1, 0.15) is 0 Å². The number of oxazole rings is 1. The minimum Gasteiger partial charge on any atom is -0.465 e. The minimum absolute atomic E-state index is 0.0775. The topological polar surface area (TPSA) is 81.8 Å². The molecule has 140 valence electrons. The van der Waals surface area contributed by atoms with E-state index in [-0.39, 0.29) is 24.4 Å². The summed E-state index contributed by atoms with van der Waals surface area (Å²) in [6.45, 7) is 3.65. The molecule has 0 N–H and O–H groups in total. The van der Waals surface area contributed by atoms with Crippen LogP contribution in [0.2, 0.25) is 0 Å². The van der Waals surface area contributed by atoms with Crippen LogP contribution in [0.5, 0.6) is 0 Å². The normalized spacial score (nSPS) is 17.4. The van der Waals surface area contributed by atoms with Gasteiger partial charge in [-0.05, 0) is 31.4 Å². The predicted octanol–water partition coefficient (Wildman–Crippen LogP) is 2.18. The van der Waals surface area contributed by atoms with Crippen molar-refractivity contribution in [2.45, 2.75) is 39.2 Å². The molecular formula is C19H24N2O5. The van der Waals surface area contributed by atoms with Crippen LogP contribution >= 0.6 is 0 Å². The maximum atomic E-state index is 12.2. The van der Waals surface area contributed by atoms with Gasteiger partial charge in [0, 0.05) is 26.1 Å². The number of nitrogens with zero attached hydrogens (tertiary/aromatic N) is 2. The van der Waals surface area contributed by atoms with Gasteiger partial charge < -0.3 is 14.1 Å². The number of fused-ring (bicyclic) bond motifs is 1. The molecule has 3 rings (SSSR count). The Morgan fingerprint density at radius 1 is 1.31 bits per heavy atom. The summed E-state index contributed by atoms with van der Waals surface area (Å²) in [4.78, 5) is 37.7. The Balaban J connectivity index is 1.48. The van der Waals surface area contributed by atoms with Gasteiger partial charge >= 0.3 is 11.7 Å². The zero-order valence-electron chi connectivity index (χ0n) is 15.0. The third-order valence-corrected chi connectivity index (χ3v) is 4.75. The number of aromatic nitrogens is 1. The standard InChI is InChI=1S/C19H24N2O5/c1-2-17(22)20-10-5-7-14(13-20)18(23)25-12-6-11-21-15-8-3-4-9-16(15)26-19(21)24/h3-4,8-9,14H,2,5-7,10-13H2,1H3. The van der Waals surface area contributed by atoms with Crippen LogP contribution in [0.3, 0.4) is 0 Å². The molecule has 0 bridgehead atoms. The largest absolute Gasteiger partial charge is 0.465 e. The second kappa shape index (κ2) is 8.21. The maximum Gasteiger partial charge on any atom is 0.419 e. The molecule has 1 aliphatic rings. The van der Waals surface area contributed by atoms with E-state index in [1.165, 1.54) is 0 Å². The van der Waals surface area contributed by atoms with Crippen LogP contribution in [0.1, 0.15) is 32.6 Å². The second-order valence-corrected chi connectivity index (χ2v) is 6.54. The first kappa shape index (κ1) is 18.2. The molecule has 1 saturated heterocycles. The first-order chi connectivity index (χ1) is 12.6. The van der Waals surface area contributed by atoms with Crippen molar-refractivity contribution in [3.8, 4) is 0 Å². The van der Waals surface area contributed by atoms with Gasteiger partial charge in [-0.3, -0.25) is 14.2 Å². The van der Waals surface area contributed by atoms with Gasteiger partial charge in [0.15, 0.2) is 5.58 Å². The van der Waals surface area contributed by atoms with Crippen LogP contribution in [0, 0.1) is 5.92 Å². The zero-order chi connectivity index (χ0) is 18.5. The predicted molar refractivity (Wildman–Crippen MR) is 95.6 cm³/mol. The average molecular weight is 360 g/mol. The van der Waals surface area contributed by atoms with Crippen LogP contribution in [0.4, 0.5) is 0 Å². The fraction of sp³-hybridized carbons (Fsp3) is 0.526. The minimum atomic E-state index is -0.404. The highest BCUT2D eigenvalue weighted by molar-refractivity contribution is 5.78. The molecule has 0 saturated carbocycles. The van der Waals surface area contributed by atoms with E-state index < -0.39 is 5.76 Å². The second-order valence-electron chi connectivity index (χ2n) is 6.54. The van der Waals surface area contributed by atoms with E-state index in [0.29, 0.717) is 38.1 Å². The number of rotatable bonds is 6. The van der Waals surface area contributed by atoms with Crippen molar-refractivity contribution in [1.29, 1.82) is 0 Å². The Labute approximate surface area is 151 Å². The third kappa shape index (κ3) is 3.98. The van der Waals surface area contributed by atoms with Crippen molar-refractivity contribution in [3.05, 3.63) is 34.8 Å². The van der Waals surface area contributed by atoms with E-state index in [2.05, 4.69) is 0 Å². The smallest absolute Gasteiger partial charge is 0.419 e. The first-order valence-corrected chi connectivity index (χ1v) is 9.13. The zero-order valence-corrected chi connectivity index (χ0v) is 15.0. The number of carbonyl (C=O) groups is 2. The number of piperidine rings is 1. The number of hydrogen-bond donors (Lipinski definition) is 0. The quantitative estimate of drug-likeness (QED) is 0.582. The van der Waals surface area contributed by atoms with E-state index >= 15 is 0 Å². The highest BCUT2D eigenvalue weighted by atomic mass is 16.5. The number of para-hydroxylation sites is 2. The molecule has 7 heteroatoms. The van der Waals surface area contributed by atoms with Crippen molar-refractivity contribution in [1.82, 2.24) is 9.47 Å². The van der Waals surface area contributed by atoms with E-state index in [0.717, 1.165) is 18.4 Å². The van der Waals surface area contributed by atoms with E-state index in [4.69, 9.17) is 9.15 Å².